The van der Waals surface area contributed by atoms with Gasteiger partial charge in [-0.05, 0) is 25.0 Å². The van der Waals surface area contributed by atoms with Crippen molar-refractivity contribution in [2.24, 2.45) is 5.73 Å². The summed E-state index contributed by atoms with van der Waals surface area (Å²) in [7, 11) is 0. The predicted molar refractivity (Wildman–Crippen MR) is 77.8 cm³/mol. The Morgan fingerprint density at radius 2 is 2.10 bits per heavy atom. The summed E-state index contributed by atoms with van der Waals surface area (Å²) in [6.45, 7) is 1.17. The van der Waals surface area contributed by atoms with Crippen molar-refractivity contribution in [1.82, 2.24) is 4.90 Å². The molecule has 0 aromatic heterocycles. The van der Waals surface area contributed by atoms with Gasteiger partial charge < -0.3 is 15.4 Å². The molecule has 2 aliphatic rings. The van der Waals surface area contributed by atoms with E-state index >= 15 is 0 Å². The van der Waals surface area contributed by atoms with Crippen molar-refractivity contribution in [2.45, 2.75) is 24.5 Å². The second-order valence-electron chi connectivity index (χ2n) is 5.55. The van der Waals surface area contributed by atoms with Crippen LogP contribution in [0.2, 0.25) is 10.0 Å². The first-order valence-corrected chi connectivity index (χ1v) is 7.50. The highest BCUT2D eigenvalue weighted by Gasteiger charge is 2.49. The van der Waals surface area contributed by atoms with Crippen molar-refractivity contribution in [3.05, 3.63) is 33.6 Å². The van der Waals surface area contributed by atoms with Crippen molar-refractivity contribution in [2.75, 3.05) is 19.7 Å². The zero-order chi connectivity index (χ0) is 15.2. The van der Waals surface area contributed by atoms with Gasteiger partial charge >= 0.3 is 0 Å². The molecule has 1 aliphatic carbocycles. The summed E-state index contributed by atoms with van der Waals surface area (Å²) in [6.07, 6.45) is 0.957. The fourth-order valence-electron chi connectivity index (χ4n) is 2.47. The molecule has 21 heavy (non-hydrogen) atoms. The van der Waals surface area contributed by atoms with Gasteiger partial charge in [0.2, 0.25) is 5.91 Å². The number of ether oxygens (including phenoxy) is 1. The second-order valence-corrected chi connectivity index (χ2v) is 6.37. The van der Waals surface area contributed by atoms with Gasteiger partial charge in [-0.2, -0.15) is 0 Å². The third-order valence-electron chi connectivity index (χ3n) is 3.95. The number of carbonyl (C=O) groups is 1. The monoisotopic (exact) mass is 332 g/mol. The van der Waals surface area contributed by atoms with Crippen molar-refractivity contribution in [3.8, 4) is 0 Å². The zero-order valence-electron chi connectivity index (χ0n) is 11.2. The summed E-state index contributed by atoms with van der Waals surface area (Å²) < 4.78 is 19.2. The number of hydrogen-bond donors (Lipinski definition) is 1. The third kappa shape index (κ3) is 2.88. The molecule has 1 unspecified atom stereocenters. The molecule has 114 valence electrons. The Labute approximate surface area is 131 Å². The van der Waals surface area contributed by atoms with E-state index in [4.69, 9.17) is 33.7 Å². The predicted octanol–water partition coefficient (Wildman–Crippen LogP) is 2.52. The van der Waals surface area contributed by atoms with E-state index in [-0.39, 0.29) is 10.9 Å². The first kappa shape index (κ1) is 15.0. The van der Waals surface area contributed by atoms with E-state index in [2.05, 4.69) is 0 Å². The average Bonchev–Trinajstić information content (AvgIpc) is 3.21. The van der Waals surface area contributed by atoms with Crippen LogP contribution in [0, 0.1) is 5.82 Å². The van der Waals surface area contributed by atoms with Crippen molar-refractivity contribution < 1.29 is 13.9 Å². The van der Waals surface area contributed by atoms with Gasteiger partial charge in [0.05, 0.1) is 23.7 Å². The molecule has 1 aromatic carbocycles. The largest absolute Gasteiger partial charge is 0.370 e. The molecule has 1 saturated carbocycles. The van der Waals surface area contributed by atoms with Crippen molar-refractivity contribution in [1.29, 1.82) is 0 Å². The molecule has 4 nitrogen and oxygen atoms in total. The Bertz CT molecular complexity index is 593. The molecule has 0 bridgehead atoms. The molecular formula is C14H15Cl2FN2O2. The van der Waals surface area contributed by atoms with Crippen molar-refractivity contribution >= 4 is 29.1 Å². The van der Waals surface area contributed by atoms with Crippen molar-refractivity contribution in [3.63, 3.8) is 0 Å². The number of nitrogens with two attached hydrogens (primary N) is 1. The maximum atomic E-state index is 13.6. The lowest BCUT2D eigenvalue weighted by Gasteiger charge is -2.35. The standard InChI is InChI=1S/C14H15Cl2FN2O2/c15-9-6-10(16)11(17)5-8(9)12-7-19(3-4-21-12)13(20)14(18)1-2-14/h5-6,12H,1-4,7,18H2. The fraction of sp³-hybridized carbons (Fsp3) is 0.500. The Balaban J connectivity index is 1.80. The van der Waals surface area contributed by atoms with E-state index in [9.17, 15) is 9.18 Å². The summed E-state index contributed by atoms with van der Waals surface area (Å²) >= 11 is 11.8. The molecule has 3 rings (SSSR count). The van der Waals surface area contributed by atoms with Gasteiger partial charge in [0.1, 0.15) is 11.9 Å². The summed E-state index contributed by atoms with van der Waals surface area (Å²) in [6, 6.07) is 2.61. The number of nitrogens with zero attached hydrogens (tertiary/aromatic N) is 1. The lowest BCUT2D eigenvalue weighted by Crippen LogP contribution is -2.50. The lowest BCUT2D eigenvalue weighted by molar-refractivity contribution is -0.141. The topological polar surface area (TPSA) is 55.6 Å². The van der Waals surface area contributed by atoms with Gasteiger partial charge in [-0.25, -0.2) is 4.39 Å². The van der Waals surface area contributed by atoms with Gasteiger partial charge in [0.15, 0.2) is 0 Å². The van der Waals surface area contributed by atoms with Crippen LogP contribution in [0.3, 0.4) is 0 Å². The molecular weight excluding hydrogens is 318 g/mol. The summed E-state index contributed by atoms with van der Waals surface area (Å²) in [5.41, 5.74) is 5.73. The van der Waals surface area contributed by atoms with E-state index in [1.165, 1.54) is 12.1 Å². The molecule has 0 radical (unpaired) electrons. The normalized spacial score (nSPS) is 24.0. The lowest BCUT2D eigenvalue weighted by atomic mass is 10.1. The van der Waals surface area contributed by atoms with Crippen LogP contribution in [0.15, 0.2) is 12.1 Å². The number of carbonyl (C=O) groups excluding carboxylic acids is 1. The Hall–Kier alpha value is -0.880. The maximum absolute atomic E-state index is 13.6. The number of morpholine rings is 1. The number of hydrogen-bond acceptors (Lipinski definition) is 3. The number of benzene rings is 1. The first-order chi connectivity index (χ1) is 9.90. The Kier molecular flexibility index (Phi) is 3.86. The van der Waals surface area contributed by atoms with Gasteiger partial charge in [-0.15, -0.1) is 0 Å². The molecule has 0 spiro atoms. The summed E-state index contributed by atoms with van der Waals surface area (Å²) in [5, 5.41) is 0.293. The minimum Gasteiger partial charge on any atom is -0.370 e. The van der Waals surface area contributed by atoms with E-state index in [0.717, 1.165) is 0 Å². The summed E-state index contributed by atoms with van der Waals surface area (Å²) in [4.78, 5) is 14.0. The second kappa shape index (κ2) is 5.39. The summed E-state index contributed by atoms with van der Waals surface area (Å²) in [5.74, 6) is -0.623. The Morgan fingerprint density at radius 3 is 2.76 bits per heavy atom. The first-order valence-electron chi connectivity index (χ1n) is 6.75. The SMILES string of the molecule is NC1(C(=O)N2CCOC(c3cc(F)c(Cl)cc3Cl)C2)CC1. The van der Waals surface area contributed by atoms with Gasteiger partial charge in [0, 0.05) is 17.1 Å². The molecule has 7 heteroatoms. The quantitative estimate of drug-likeness (QED) is 0.846. The van der Waals surface area contributed by atoms with Gasteiger partial charge in [0.25, 0.3) is 0 Å². The van der Waals surface area contributed by atoms with Crippen LogP contribution in [0.25, 0.3) is 0 Å². The fourth-order valence-corrected chi connectivity index (χ4v) is 2.97. The molecule has 1 amide bonds. The van der Waals surface area contributed by atoms with Crippen LogP contribution in [-0.4, -0.2) is 36.0 Å². The van der Waals surface area contributed by atoms with Gasteiger partial charge in [-0.1, -0.05) is 23.2 Å². The Morgan fingerprint density at radius 1 is 1.38 bits per heavy atom. The molecule has 2 fully saturated rings. The highest BCUT2D eigenvalue weighted by molar-refractivity contribution is 6.35. The van der Waals surface area contributed by atoms with E-state index in [1.54, 1.807) is 4.90 Å². The van der Waals surface area contributed by atoms with E-state index in [1.807, 2.05) is 0 Å². The molecule has 1 atom stereocenters. The number of rotatable bonds is 2. The zero-order valence-corrected chi connectivity index (χ0v) is 12.8. The smallest absolute Gasteiger partial charge is 0.242 e. The van der Waals surface area contributed by atoms with Crippen LogP contribution in [-0.2, 0) is 9.53 Å². The minimum absolute atomic E-state index is 0.0358. The molecule has 1 heterocycles. The van der Waals surface area contributed by atoms with Crippen LogP contribution in [0.5, 0.6) is 0 Å². The molecule has 1 aliphatic heterocycles. The molecule has 2 N–H and O–H groups in total. The van der Waals surface area contributed by atoms with Crippen LogP contribution >= 0.6 is 23.2 Å². The average molecular weight is 333 g/mol. The van der Waals surface area contributed by atoms with E-state index < -0.39 is 17.5 Å². The highest BCUT2D eigenvalue weighted by atomic mass is 35.5. The van der Waals surface area contributed by atoms with Crippen LogP contribution < -0.4 is 5.73 Å². The van der Waals surface area contributed by atoms with Crippen LogP contribution in [0.1, 0.15) is 24.5 Å². The minimum atomic E-state index is -0.711. The maximum Gasteiger partial charge on any atom is 0.242 e. The number of amides is 1. The van der Waals surface area contributed by atoms with E-state index in [0.29, 0.717) is 43.1 Å². The molecule has 1 saturated heterocycles. The molecule has 1 aromatic rings. The third-order valence-corrected chi connectivity index (χ3v) is 4.57. The van der Waals surface area contributed by atoms with Crippen LogP contribution in [0.4, 0.5) is 4.39 Å². The highest BCUT2D eigenvalue weighted by Crippen LogP contribution is 2.37. The van der Waals surface area contributed by atoms with Gasteiger partial charge in [-0.3, -0.25) is 4.79 Å². The number of halogens is 3.